The van der Waals surface area contributed by atoms with Crippen molar-refractivity contribution in [2.24, 2.45) is 0 Å². The second-order valence-electron chi connectivity index (χ2n) is 3.18. The van der Waals surface area contributed by atoms with Crippen LogP contribution in [0.2, 0.25) is 0 Å². The molecule has 14 heavy (non-hydrogen) atoms. The summed E-state index contributed by atoms with van der Waals surface area (Å²) in [6.07, 6.45) is 0. The molecule has 0 unspecified atom stereocenters. The second-order valence-corrected chi connectivity index (χ2v) is 4.56. The minimum Gasteiger partial charge on any atom is -0.744 e. The second kappa shape index (κ2) is 5.28. The minimum atomic E-state index is -4.30. The maximum absolute atomic E-state index is 10.6. The van der Waals surface area contributed by atoms with E-state index in [1.165, 1.54) is 12.1 Å². The van der Waals surface area contributed by atoms with Gasteiger partial charge in [0.15, 0.2) is 0 Å². The van der Waals surface area contributed by atoms with Crippen LogP contribution in [0.25, 0.3) is 0 Å². The molecule has 0 saturated heterocycles. The summed E-state index contributed by atoms with van der Waals surface area (Å²) in [6, 6.07) is 6.01. The van der Waals surface area contributed by atoms with Crippen LogP contribution < -0.4 is 29.6 Å². The topological polar surface area (TPSA) is 57.2 Å². The molecule has 0 radical (unpaired) electrons. The number of hydrogen-bond acceptors (Lipinski definition) is 3. The van der Waals surface area contributed by atoms with Crippen LogP contribution in [-0.4, -0.2) is 13.0 Å². The molecule has 0 aliphatic heterocycles. The van der Waals surface area contributed by atoms with Gasteiger partial charge in [0, 0.05) is 0 Å². The first-order valence-electron chi connectivity index (χ1n) is 3.97. The van der Waals surface area contributed by atoms with Crippen LogP contribution >= 0.6 is 0 Å². The Hall–Kier alpha value is 0.130. The molecule has 0 aromatic heterocycles. The van der Waals surface area contributed by atoms with Crippen molar-refractivity contribution >= 4 is 10.1 Å². The number of hydrogen-bond donors (Lipinski definition) is 0. The third-order valence-corrected chi connectivity index (χ3v) is 2.68. The van der Waals surface area contributed by atoms with Crippen molar-refractivity contribution in [1.82, 2.24) is 0 Å². The largest absolute Gasteiger partial charge is 1.00 e. The van der Waals surface area contributed by atoms with Crippen molar-refractivity contribution in [2.75, 3.05) is 0 Å². The standard InChI is InChI=1S/C9H12O3S.Na/c1-7(2)8-3-5-9(6-4-8)13(10,11)12;/h3-7H,1-2H3,(H,10,11,12);/q;+1/p-1. The number of rotatable bonds is 2. The van der Waals surface area contributed by atoms with E-state index in [0.717, 1.165) is 5.56 Å². The molecule has 0 spiro atoms. The fourth-order valence-corrected chi connectivity index (χ4v) is 1.49. The van der Waals surface area contributed by atoms with Crippen molar-refractivity contribution in [3.05, 3.63) is 29.8 Å². The van der Waals surface area contributed by atoms with Gasteiger partial charge >= 0.3 is 29.6 Å². The average molecular weight is 222 g/mol. The molecule has 0 saturated carbocycles. The van der Waals surface area contributed by atoms with Crippen molar-refractivity contribution in [3.8, 4) is 0 Å². The van der Waals surface area contributed by atoms with Crippen LogP contribution in [0.3, 0.4) is 0 Å². The van der Waals surface area contributed by atoms with Gasteiger partial charge in [0.05, 0.1) is 4.90 Å². The summed E-state index contributed by atoms with van der Waals surface area (Å²) in [4.78, 5) is -0.170. The van der Waals surface area contributed by atoms with Gasteiger partial charge in [-0.05, 0) is 23.6 Å². The molecule has 1 aromatic rings. The van der Waals surface area contributed by atoms with Gasteiger partial charge in [0.2, 0.25) is 0 Å². The Kier molecular flexibility index (Phi) is 5.33. The molecule has 0 aliphatic carbocycles. The number of benzene rings is 1. The van der Waals surface area contributed by atoms with Crippen molar-refractivity contribution in [2.45, 2.75) is 24.7 Å². The van der Waals surface area contributed by atoms with E-state index >= 15 is 0 Å². The molecular formula is C9H11NaO3S. The van der Waals surface area contributed by atoms with Crippen molar-refractivity contribution in [3.63, 3.8) is 0 Å². The summed E-state index contributed by atoms with van der Waals surface area (Å²) in [5, 5.41) is 0. The zero-order valence-electron chi connectivity index (χ0n) is 8.52. The molecule has 1 aromatic carbocycles. The van der Waals surface area contributed by atoms with Gasteiger partial charge < -0.3 is 4.55 Å². The fraction of sp³-hybridized carbons (Fsp3) is 0.333. The molecule has 0 atom stereocenters. The smallest absolute Gasteiger partial charge is 0.744 e. The molecule has 3 nitrogen and oxygen atoms in total. The van der Waals surface area contributed by atoms with Gasteiger partial charge in [-0.15, -0.1) is 0 Å². The van der Waals surface area contributed by atoms with Gasteiger partial charge in [0.1, 0.15) is 10.1 Å². The van der Waals surface area contributed by atoms with E-state index in [4.69, 9.17) is 0 Å². The third kappa shape index (κ3) is 3.71. The summed E-state index contributed by atoms with van der Waals surface area (Å²) >= 11 is 0. The van der Waals surface area contributed by atoms with E-state index in [1.807, 2.05) is 13.8 Å². The van der Waals surface area contributed by atoms with Crippen LogP contribution in [0, 0.1) is 0 Å². The SMILES string of the molecule is CC(C)c1ccc(S(=O)(=O)[O-])cc1.[Na+]. The molecule has 0 heterocycles. The van der Waals surface area contributed by atoms with E-state index in [2.05, 4.69) is 0 Å². The van der Waals surface area contributed by atoms with Crippen molar-refractivity contribution in [1.29, 1.82) is 0 Å². The zero-order chi connectivity index (χ0) is 10.1. The summed E-state index contributed by atoms with van der Waals surface area (Å²) in [5.74, 6) is 0.336. The Bertz CT molecular complexity index is 381. The van der Waals surface area contributed by atoms with Crippen LogP contribution in [-0.2, 0) is 10.1 Å². The van der Waals surface area contributed by atoms with E-state index in [-0.39, 0.29) is 34.5 Å². The van der Waals surface area contributed by atoms with E-state index in [0.29, 0.717) is 5.92 Å². The Morgan fingerprint density at radius 3 is 1.86 bits per heavy atom. The first-order valence-corrected chi connectivity index (χ1v) is 5.38. The van der Waals surface area contributed by atoms with Crippen LogP contribution in [0.15, 0.2) is 29.2 Å². The van der Waals surface area contributed by atoms with E-state index in [9.17, 15) is 13.0 Å². The van der Waals surface area contributed by atoms with Crippen LogP contribution in [0.5, 0.6) is 0 Å². The zero-order valence-corrected chi connectivity index (χ0v) is 11.3. The summed E-state index contributed by atoms with van der Waals surface area (Å²) in [6.45, 7) is 4.00. The van der Waals surface area contributed by atoms with Gasteiger partial charge in [0.25, 0.3) is 0 Å². The van der Waals surface area contributed by atoms with E-state index in [1.54, 1.807) is 12.1 Å². The first-order chi connectivity index (χ1) is 5.91. The van der Waals surface area contributed by atoms with Gasteiger partial charge in [-0.25, -0.2) is 8.42 Å². The predicted octanol–water partition coefficient (Wildman–Crippen LogP) is -1.28. The maximum Gasteiger partial charge on any atom is 1.00 e. The van der Waals surface area contributed by atoms with Gasteiger partial charge in [-0.1, -0.05) is 26.0 Å². The molecule has 72 valence electrons. The van der Waals surface area contributed by atoms with Gasteiger partial charge in [-0.2, -0.15) is 0 Å². The van der Waals surface area contributed by atoms with E-state index < -0.39 is 10.1 Å². The Labute approximate surface area is 107 Å². The molecule has 1 rings (SSSR count). The van der Waals surface area contributed by atoms with Crippen molar-refractivity contribution < 1.29 is 42.5 Å². The Morgan fingerprint density at radius 1 is 1.14 bits per heavy atom. The third-order valence-electron chi connectivity index (χ3n) is 1.84. The fourth-order valence-electron chi connectivity index (χ4n) is 1.02. The Morgan fingerprint density at radius 2 is 1.57 bits per heavy atom. The normalized spacial score (nSPS) is 11.1. The molecule has 0 amide bonds. The molecule has 0 bridgehead atoms. The molecule has 0 N–H and O–H groups in total. The summed E-state index contributed by atoms with van der Waals surface area (Å²) in [5.41, 5.74) is 1.02. The first kappa shape index (κ1) is 14.1. The Balaban J connectivity index is 0.00000169. The van der Waals surface area contributed by atoms with Crippen LogP contribution in [0.4, 0.5) is 0 Å². The minimum absolute atomic E-state index is 0. The summed E-state index contributed by atoms with van der Waals surface area (Å²) in [7, 11) is -4.30. The molecule has 5 heteroatoms. The van der Waals surface area contributed by atoms with Gasteiger partial charge in [-0.3, -0.25) is 0 Å². The predicted molar refractivity (Wildman–Crippen MR) is 48.5 cm³/mol. The quantitative estimate of drug-likeness (QED) is 0.462. The maximum atomic E-state index is 10.6. The molecule has 0 fully saturated rings. The van der Waals surface area contributed by atoms with Crippen LogP contribution in [0.1, 0.15) is 25.3 Å². The molecule has 0 aliphatic rings. The average Bonchev–Trinajstić information content (AvgIpc) is 2.03. The monoisotopic (exact) mass is 222 g/mol. The summed E-state index contributed by atoms with van der Waals surface area (Å²) < 4.78 is 31.7. The molecular weight excluding hydrogens is 211 g/mol.